The summed E-state index contributed by atoms with van der Waals surface area (Å²) in [6.07, 6.45) is 0. The standard InChI is InChI=1S/C12H15BrFNS/c1-6(2)12-11(15)10-7(5-16-12)8(13)3-4-9(10)14/h3-4,6,11-12H,5,15H2,1-2H3. The SMILES string of the molecule is CC(C)C1SCc2c(Br)ccc(F)c2C1N. The van der Waals surface area contributed by atoms with Gasteiger partial charge in [0.1, 0.15) is 5.82 Å². The minimum absolute atomic E-state index is 0.170. The van der Waals surface area contributed by atoms with E-state index in [4.69, 9.17) is 5.73 Å². The van der Waals surface area contributed by atoms with E-state index in [1.165, 1.54) is 6.07 Å². The van der Waals surface area contributed by atoms with Gasteiger partial charge in [0.25, 0.3) is 0 Å². The fraction of sp³-hybridized carbons (Fsp3) is 0.500. The summed E-state index contributed by atoms with van der Waals surface area (Å²) < 4.78 is 14.8. The number of fused-ring (bicyclic) bond motifs is 1. The zero-order valence-corrected chi connectivity index (χ0v) is 11.7. The Kier molecular flexibility index (Phi) is 3.62. The third-order valence-electron chi connectivity index (χ3n) is 3.01. The molecule has 1 aromatic rings. The van der Waals surface area contributed by atoms with Crippen LogP contribution in [0.15, 0.2) is 16.6 Å². The molecule has 0 bridgehead atoms. The lowest BCUT2D eigenvalue weighted by Gasteiger charge is -2.33. The maximum atomic E-state index is 13.8. The normalized spacial score (nSPS) is 24.6. The molecule has 0 radical (unpaired) electrons. The Morgan fingerprint density at radius 1 is 1.50 bits per heavy atom. The Morgan fingerprint density at radius 2 is 2.19 bits per heavy atom. The molecule has 0 spiro atoms. The molecule has 1 nitrogen and oxygen atoms in total. The summed E-state index contributed by atoms with van der Waals surface area (Å²) in [6.45, 7) is 4.27. The van der Waals surface area contributed by atoms with E-state index in [1.54, 1.807) is 6.07 Å². The fourth-order valence-corrected chi connectivity index (χ4v) is 4.24. The molecule has 0 aromatic heterocycles. The molecule has 1 heterocycles. The van der Waals surface area contributed by atoms with Gasteiger partial charge in [-0.2, -0.15) is 11.8 Å². The number of rotatable bonds is 1. The van der Waals surface area contributed by atoms with E-state index in [0.717, 1.165) is 15.8 Å². The van der Waals surface area contributed by atoms with Crippen LogP contribution >= 0.6 is 27.7 Å². The second kappa shape index (κ2) is 4.67. The van der Waals surface area contributed by atoms with Crippen molar-refractivity contribution < 1.29 is 4.39 Å². The topological polar surface area (TPSA) is 26.0 Å². The maximum Gasteiger partial charge on any atom is 0.128 e. The molecule has 1 aliphatic rings. The predicted molar refractivity (Wildman–Crippen MR) is 70.9 cm³/mol. The van der Waals surface area contributed by atoms with Crippen LogP contribution in [-0.2, 0) is 5.75 Å². The van der Waals surface area contributed by atoms with Crippen molar-refractivity contribution in [1.29, 1.82) is 0 Å². The van der Waals surface area contributed by atoms with Gasteiger partial charge in [-0.25, -0.2) is 4.39 Å². The molecule has 1 aliphatic heterocycles. The van der Waals surface area contributed by atoms with E-state index in [0.29, 0.717) is 16.7 Å². The quantitative estimate of drug-likeness (QED) is 0.852. The summed E-state index contributed by atoms with van der Waals surface area (Å²) >= 11 is 5.29. The number of nitrogens with two attached hydrogens (primary N) is 1. The number of halogens is 2. The van der Waals surface area contributed by atoms with Crippen LogP contribution in [0.25, 0.3) is 0 Å². The lowest BCUT2D eigenvalue weighted by Crippen LogP contribution is -2.33. The van der Waals surface area contributed by atoms with Gasteiger partial charge >= 0.3 is 0 Å². The monoisotopic (exact) mass is 303 g/mol. The molecule has 1 aromatic carbocycles. The summed E-state index contributed by atoms with van der Waals surface area (Å²) in [7, 11) is 0. The number of benzene rings is 1. The van der Waals surface area contributed by atoms with Crippen LogP contribution in [-0.4, -0.2) is 5.25 Å². The zero-order chi connectivity index (χ0) is 11.9. The average Bonchev–Trinajstić information content (AvgIpc) is 2.23. The Bertz CT molecular complexity index is 408. The molecule has 16 heavy (non-hydrogen) atoms. The molecule has 88 valence electrons. The van der Waals surface area contributed by atoms with Crippen molar-refractivity contribution >= 4 is 27.7 Å². The summed E-state index contributed by atoms with van der Waals surface area (Å²) in [5.41, 5.74) is 7.90. The smallest absolute Gasteiger partial charge is 0.128 e. The lowest BCUT2D eigenvalue weighted by atomic mass is 9.93. The molecule has 2 unspecified atom stereocenters. The third kappa shape index (κ3) is 2.03. The van der Waals surface area contributed by atoms with E-state index >= 15 is 0 Å². The number of hydrogen-bond donors (Lipinski definition) is 1. The van der Waals surface area contributed by atoms with E-state index < -0.39 is 0 Å². The average molecular weight is 304 g/mol. The van der Waals surface area contributed by atoms with Crippen LogP contribution in [0.3, 0.4) is 0 Å². The fourth-order valence-electron chi connectivity index (χ4n) is 2.17. The Balaban J connectivity index is 2.48. The van der Waals surface area contributed by atoms with Crippen molar-refractivity contribution in [3.8, 4) is 0 Å². The van der Waals surface area contributed by atoms with Gasteiger partial charge in [0.2, 0.25) is 0 Å². The van der Waals surface area contributed by atoms with Gasteiger partial charge in [0.05, 0.1) is 0 Å². The molecule has 2 rings (SSSR count). The maximum absolute atomic E-state index is 13.8. The first-order valence-electron chi connectivity index (χ1n) is 5.36. The second-order valence-corrected chi connectivity index (χ2v) is 6.49. The molecular formula is C12H15BrFNS. The van der Waals surface area contributed by atoms with E-state index in [2.05, 4.69) is 29.8 Å². The molecule has 2 atom stereocenters. The molecule has 0 saturated heterocycles. The van der Waals surface area contributed by atoms with Gasteiger partial charge < -0.3 is 5.73 Å². The Morgan fingerprint density at radius 3 is 2.81 bits per heavy atom. The number of hydrogen-bond acceptors (Lipinski definition) is 2. The van der Waals surface area contributed by atoms with Gasteiger partial charge in [-0.3, -0.25) is 0 Å². The van der Waals surface area contributed by atoms with Crippen molar-refractivity contribution in [1.82, 2.24) is 0 Å². The molecule has 4 heteroatoms. The van der Waals surface area contributed by atoms with Gasteiger partial charge in [-0.05, 0) is 23.6 Å². The Labute approximate surface area is 108 Å². The predicted octanol–water partition coefficient (Wildman–Crippen LogP) is 3.86. The summed E-state index contributed by atoms with van der Waals surface area (Å²) in [5, 5.41) is 0.302. The van der Waals surface area contributed by atoms with Crippen LogP contribution in [0, 0.1) is 11.7 Å². The summed E-state index contributed by atoms with van der Waals surface area (Å²) in [5.74, 6) is 1.13. The molecular weight excluding hydrogens is 289 g/mol. The molecule has 0 aliphatic carbocycles. The lowest BCUT2D eigenvalue weighted by molar-refractivity contribution is 0.495. The van der Waals surface area contributed by atoms with E-state index in [-0.39, 0.29) is 11.9 Å². The first kappa shape index (κ1) is 12.4. The number of thioether (sulfide) groups is 1. The largest absolute Gasteiger partial charge is 0.323 e. The van der Waals surface area contributed by atoms with E-state index in [1.807, 2.05) is 11.8 Å². The van der Waals surface area contributed by atoms with Crippen molar-refractivity contribution in [3.63, 3.8) is 0 Å². The highest BCUT2D eigenvalue weighted by Crippen LogP contribution is 2.43. The van der Waals surface area contributed by atoms with E-state index in [9.17, 15) is 4.39 Å². The summed E-state index contributed by atoms with van der Waals surface area (Å²) in [6, 6.07) is 3.05. The van der Waals surface area contributed by atoms with Crippen LogP contribution < -0.4 is 5.73 Å². The zero-order valence-electron chi connectivity index (χ0n) is 9.34. The highest BCUT2D eigenvalue weighted by molar-refractivity contribution is 9.10. The summed E-state index contributed by atoms with van der Waals surface area (Å²) in [4.78, 5) is 0. The highest BCUT2D eigenvalue weighted by Gasteiger charge is 2.32. The molecule has 0 saturated carbocycles. The minimum atomic E-state index is -0.203. The van der Waals surface area contributed by atoms with Crippen LogP contribution in [0.1, 0.15) is 31.0 Å². The molecule has 0 amide bonds. The van der Waals surface area contributed by atoms with Gasteiger partial charge in [-0.1, -0.05) is 29.8 Å². The first-order valence-corrected chi connectivity index (χ1v) is 7.20. The third-order valence-corrected chi connectivity index (χ3v) is 5.43. The molecule has 0 fully saturated rings. The van der Waals surface area contributed by atoms with Crippen LogP contribution in [0.5, 0.6) is 0 Å². The second-order valence-electron chi connectivity index (χ2n) is 4.47. The van der Waals surface area contributed by atoms with Gasteiger partial charge in [0, 0.05) is 27.1 Å². The highest BCUT2D eigenvalue weighted by atomic mass is 79.9. The van der Waals surface area contributed by atoms with Crippen LogP contribution in [0.4, 0.5) is 4.39 Å². The van der Waals surface area contributed by atoms with Crippen molar-refractivity contribution in [3.05, 3.63) is 33.5 Å². The van der Waals surface area contributed by atoms with Gasteiger partial charge in [-0.15, -0.1) is 0 Å². The van der Waals surface area contributed by atoms with Crippen molar-refractivity contribution in [2.75, 3.05) is 0 Å². The Hall–Kier alpha value is -0.0600. The van der Waals surface area contributed by atoms with Gasteiger partial charge in [0.15, 0.2) is 0 Å². The van der Waals surface area contributed by atoms with Crippen LogP contribution in [0.2, 0.25) is 0 Å². The first-order chi connectivity index (χ1) is 7.52. The van der Waals surface area contributed by atoms with Crippen molar-refractivity contribution in [2.45, 2.75) is 30.9 Å². The van der Waals surface area contributed by atoms with Crippen molar-refractivity contribution in [2.24, 2.45) is 11.7 Å². The minimum Gasteiger partial charge on any atom is -0.323 e. The molecule has 2 N–H and O–H groups in total.